The lowest BCUT2D eigenvalue weighted by Gasteiger charge is -2.37. The summed E-state index contributed by atoms with van der Waals surface area (Å²) in [6, 6.07) is 8.76. The van der Waals surface area contributed by atoms with E-state index in [0.717, 1.165) is 6.42 Å². The van der Waals surface area contributed by atoms with Gasteiger partial charge in [-0.15, -0.1) is 0 Å². The number of benzene rings is 1. The van der Waals surface area contributed by atoms with Gasteiger partial charge in [-0.25, -0.2) is 8.42 Å². The highest BCUT2D eigenvalue weighted by Crippen LogP contribution is 2.25. The molecular weight excluding hydrogens is 298 g/mol. The van der Waals surface area contributed by atoms with Crippen LogP contribution in [0.4, 0.5) is 0 Å². The quantitative estimate of drug-likeness (QED) is 0.897. The highest BCUT2D eigenvalue weighted by Gasteiger charge is 2.36. The summed E-state index contributed by atoms with van der Waals surface area (Å²) in [5.74, 6) is 0.202. The molecule has 0 radical (unpaired) electrons. The van der Waals surface area contributed by atoms with E-state index in [0.29, 0.717) is 25.4 Å². The van der Waals surface area contributed by atoms with Crippen LogP contribution in [-0.2, 0) is 16.3 Å². The molecule has 1 aromatic rings. The first-order valence-electron chi connectivity index (χ1n) is 7.88. The highest BCUT2D eigenvalue weighted by molar-refractivity contribution is 7.91. The summed E-state index contributed by atoms with van der Waals surface area (Å²) < 4.78 is 23.0. The summed E-state index contributed by atoms with van der Waals surface area (Å²) >= 11 is 0. The van der Waals surface area contributed by atoms with E-state index >= 15 is 0 Å². The summed E-state index contributed by atoms with van der Waals surface area (Å²) in [5, 5.41) is 10.6. The Balaban J connectivity index is 1.92. The van der Waals surface area contributed by atoms with Crippen LogP contribution in [0.1, 0.15) is 30.9 Å². The lowest BCUT2D eigenvalue weighted by Crippen LogP contribution is -2.49. The van der Waals surface area contributed by atoms with Gasteiger partial charge in [-0.1, -0.05) is 29.8 Å². The molecule has 0 saturated carbocycles. The van der Waals surface area contributed by atoms with Crippen molar-refractivity contribution >= 4 is 9.84 Å². The molecule has 1 aromatic carbocycles. The topological polar surface area (TPSA) is 57.6 Å². The van der Waals surface area contributed by atoms with Crippen LogP contribution in [-0.4, -0.2) is 55.2 Å². The van der Waals surface area contributed by atoms with Crippen molar-refractivity contribution in [3.63, 3.8) is 0 Å². The smallest absolute Gasteiger partial charge is 0.150 e. The van der Waals surface area contributed by atoms with Crippen molar-refractivity contribution in [2.75, 3.05) is 25.1 Å². The predicted octanol–water partition coefficient (Wildman–Crippen LogP) is 1.80. The second-order valence-corrected chi connectivity index (χ2v) is 9.14. The molecule has 2 rings (SSSR count). The number of rotatable bonds is 5. The van der Waals surface area contributed by atoms with Crippen molar-refractivity contribution < 1.29 is 13.5 Å². The number of hydrogen-bond donors (Lipinski definition) is 1. The molecule has 1 N–H and O–H groups in total. The zero-order chi connectivity index (χ0) is 16.4. The van der Waals surface area contributed by atoms with Crippen molar-refractivity contribution in [1.82, 2.24) is 4.90 Å². The Morgan fingerprint density at radius 3 is 2.55 bits per heavy atom. The summed E-state index contributed by atoms with van der Waals surface area (Å²) in [7, 11) is -0.940. The first kappa shape index (κ1) is 17.4. The number of sulfone groups is 1. The Bertz CT molecular complexity index is 598. The minimum Gasteiger partial charge on any atom is -0.388 e. The van der Waals surface area contributed by atoms with Gasteiger partial charge in [-0.3, -0.25) is 0 Å². The summed E-state index contributed by atoms with van der Waals surface area (Å²) in [6.45, 7) is 4.75. The van der Waals surface area contributed by atoms with Gasteiger partial charge < -0.3 is 10.0 Å². The maximum absolute atomic E-state index is 11.5. The first-order valence-corrected chi connectivity index (χ1v) is 9.70. The molecule has 5 heteroatoms. The van der Waals surface area contributed by atoms with Gasteiger partial charge in [0.25, 0.3) is 0 Å². The maximum Gasteiger partial charge on any atom is 0.150 e. The van der Waals surface area contributed by atoms with E-state index in [1.807, 2.05) is 7.05 Å². The molecule has 1 unspecified atom stereocenters. The standard InChI is InChI=1S/C17H27NO3S/c1-14-5-4-6-16(11-14)12-15(2)18(3)13-17(19)7-9-22(20,21)10-8-17/h4-6,11,15,19H,7-10,12-13H2,1-3H3. The average Bonchev–Trinajstić information content (AvgIpc) is 2.43. The van der Waals surface area contributed by atoms with Crippen LogP contribution < -0.4 is 0 Å². The molecular formula is C17H27NO3S. The lowest BCUT2D eigenvalue weighted by molar-refractivity contribution is -0.00678. The Morgan fingerprint density at radius 1 is 1.32 bits per heavy atom. The number of aryl methyl sites for hydroxylation is 1. The number of hydrogen-bond acceptors (Lipinski definition) is 4. The van der Waals surface area contributed by atoms with Gasteiger partial charge in [0.1, 0.15) is 0 Å². The molecule has 1 aliphatic rings. The third-order valence-corrected chi connectivity index (χ3v) is 6.32. The Morgan fingerprint density at radius 2 is 1.95 bits per heavy atom. The monoisotopic (exact) mass is 325 g/mol. The Hall–Kier alpha value is -0.910. The van der Waals surface area contributed by atoms with Gasteiger partial charge in [-0.2, -0.15) is 0 Å². The molecule has 1 aliphatic heterocycles. The molecule has 4 nitrogen and oxygen atoms in total. The molecule has 22 heavy (non-hydrogen) atoms. The zero-order valence-electron chi connectivity index (χ0n) is 13.7. The maximum atomic E-state index is 11.5. The Kier molecular flexibility index (Phi) is 5.30. The number of aliphatic hydroxyl groups is 1. The van der Waals surface area contributed by atoms with Gasteiger partial charge in [0.15, 0.2) is 9.84 Å². The summed E-state index contributed by atoms with van der Waals surface area (Å²) in [6.07, 6.45) is 1.61. The number of likely N-dealkylation sites (N-methyl/N-ethyl adjacent to an activating group) is 1. The van der Waals surface area contributed by atoms with Crippen LogP contribution in [0, 0.1) is 6.92 Å². The van der Waals surface area contributed by atoms with E-state index in [2.05, 4.69) is 43.0 Å². The van der Waals surface area contributed by atoms with Gasteiger partial charge in [0.05, 0.1) is 17.1 Å². The molecule has 124 valence electrons. The fraction of sp³-hybridized carbons (Fsp3) is 0.647. The summed E-state index contributed by atoms with van der Waals surface area (Å²) in [4.78, 5) is 2.14. The molecule has 1 fully saturated rings. The van der Waals surface area contributed by atoms with Gasteiger partial charge in [0.2, 0.25) is 0 Å². The summed E-state index contributed by atoms with van der Waals surface area (Å²) in [5.41, 5.74) is 1.67. The van der Waals surface area contributed by atoms with Gasteiger partial charge in [0, 0.05) is 12.6 Å². The number of nitrogens with zero attached hydrogens (tertiary/aromatic N) is 1. The van der Waals surface area contributed by atoms with Crippen molar-refractivity contribution in [1.29, 1.82) is 0 Å². The molecule has 1 atom stereocenters. The van der Waals surface area contributed by atoms with Crippen LogP contribution in [0.15, 0.2) is 24.3 Å². The van der Waals surface area contributed by atoms with E-state index in [9.17, 15) is 13.5 Å². The molecule has 0 aliphatic carbocycles. The lowest BCUT2D eigenvalue weighted by atomic mass is 9.95. The normalized spacial score (nSPS) is 21.7. The van der Waals surface area contributed by atoms with Crippen LogP contribution in [0.5, 0.6) is 0 Å². The largest absolute Gasteiger partial charge is 0.388 e. The van der Waals surface area contributed by atoms with E-state index in [-0.39, 0.29) is 11.5 Å². The minimum atomic E-state index is -2.94. The Labute approximate surface area is 134 Å². The van der Waals surface area contributed by atoms with Crippen LogP contribution in [0.25, 0.3) is 0 Å². The van der Waals surface area contributed by atoms with Crippen molar-refractivity contribution in [3.05, 3.63) is 35.4 Å². The third-order valence-electron chi connectivity index (χ3n) is 4.67. The molecule has 0 spiro atoms. The molecule has 1 heterocycles. The van der Waals surface area contributed by atoms with Crippen molar-refractivity contribution in [2.24, 2.45) is 0 Å². The predicted molar refractivity (Wildman–Crippen MR) is 89.8 cm³/mol. The third kappa shape index (κ3) is 4.80. The second-order valence-electron chi connectivity index (χ2n) is 6.83. The molecule has 0 aromatic heterocycles. The minimum absolute atomic E-state index is 0.101. The van der Waals surface area contributed by atoms with Gasteiger partial charge in [-0.05, 0) is 45.7 Å². The van der Waals surface area contributed by atoms with Crippen LogP contribution >= 0.6 is 0 Å². The van der Waals surface area contributed by atoms with Gasteiger partial charge >= 0.3 is 0 Å². The first-order chi connectivity index (χ1) is 10.2. The fourth-order valence-corrected chi connectivity index (χ4v) is 4.62. The van der Waals surface area contributed by atoms with Crippen molar-refractivity contribution in [3.8, 4) is 0 Å². The van der Waals surface area contributed by atoms with Crippen LogP contribution in [0.2, 0.25) is 0 Å². The highest BCUT2D eigenvalue weighted by atomic mass is 32.2. The average molecular weight is 325 g/mol. The molecule has 1 saturated heterocycles. The SMILES string of the molecule is Cc1cccc(CC(C)N(C)CC2(O)CCS(=O)(=O)CC2)c1. The van der Waals surface area contributed by atoms with Crippen molar-refractivity contribution in [2.45, 2.75) is 44.8 Å². The fourth-order valence-electron chi connectivity index (χ4n) is 3.03. The molecule has 0 bridgehead atoms. The van der Waals surface area contributed by atoms with E-state index < -0.39 is 15.4 Å². The van der Waals surface area contributed by atoms with E-state index in [1.54, 1.807) is 0 Å². The van der Waals surface area contributed by atoms with E-state index in [4.69, 9.17) is 0 Å². The zero-order valence-corrected chi connectivity index (χ0v) is 14.6. The van der Waals surface area contributed by atoms with Crippen LogP contribution in [0.3, 0.4) is 0 Å². The second kappa shape index (κ2) is 6.69. The van der Waals surface area contributed by atoms with E-state index in [1.165, 1.54) is 11.1 Å². The molecule has 0 amide bonds.